The lowest BCUT2D eigenvalue weighted by Crippen LogP contribution is -2.35. The molecule has 0 amide bonds. The summed E-state index contributed by atoms with van der Waals surface area (Å²) in [6.07, 6.45) is 0.771. The first-order valence-electron chi connectivity index (χ1n) is 3.41. The number of rotatable bonds is 4. The molecule has 0 saturated heterocycles. The smallest absolute Gasteiger partial charge is 0.334 e. The van der Waals surface area contributed by atoms with Gasteiger partial charge in [0.1, 0.15) is 0 Å². The Labute approximate surface area is 94.5 Å². The van der Waals surface area contributed by atoms with Gasteiger partial charge < -0.3 is 4.74 Å². The normalized spacial score (nSPS) is 11.8. The Kier molecular flexibility index (Phi) is 5.97. The molecule has 0 heterocycles. The molecule has 0 aliphatic carbocycles. The van der Waals surface area contributed by atoms with Crippen LogP contribution in [-0.2, 0) is 9.53 Å². The zero-order valence-corrected chi connectivity index (χ0v) is 10.2. The van der Waals surface area contributed by atoms with Crippen LogP contribution in [0.5, 0.6) is 0 Å². The molecule has 2 nitrogen and oxygen atoms in total. The lowest BCUT2D eigenvalue weighted by Gasteiger charge is -2.22. The summed E-state index contributed by atoms with van der Waals surface area (Å²) in [6, 6.07) is 0. The van der Waals surface area contributed by atoms with Gasteiger partial charge in [-0.05, 0) is 6.42 Å². The van der Waals surface area contributed by atoms with E-state index in [1.165, 1.54) is 0 Å². The maximum Gasteiger partial charge on any atom is 0.334 e. The van der Waals surface area contributed by atoms with Crippen LogP contribution in [0, 0.1) is 0 Å². The Balaban J connectivity index is 4.07. The van der Waals surface area contributed by atoms with E-state index in [1.807, 2.05) is 6.92 Å². The van der Waals surface area contributed by atoms with Gasteiger partial charge >= 0.3 is 5.97 Å². The van der Waals surface area contributed by atoms with E-state index in [0.717, 1.165) is 6.42 Å². The molecule has 0 aromatic heterocycles. The highest BCUT2D eigenvalue weighted by molar-refractivity contribution is 8.08. The predicted octanol–water partition coefficient (Wildman–Crippen LogP) is 1.68. The quantitative estimate of drug-likeness (QED) is 0.344. The van der Waals surface area contributed by atoms with Gasteiger partial charge in [-0.25, -0.2) is 4.79 Å². The minimum absolute atomic E-state index is 0.371. The Morgan fingerprint density at radius 2 is 2.00 bits per heavy atom. The van der Waals surface area contributed by atoms with Crippen LogP contribution in [-0.4, -0.2) is 21.2 Å². The minimum Gasteiger partial charge on any atom is -0.464 e. The molecule has 0 N–H and O–H groups in total. The van der Waals surface area contributed by atoms with E-state index < -0.39 is 14.6 Å². The van der Waals surface area contributed by atoms with Crippen LogP contribution in [0.2, 0.25) is 0 Å². The van der Waals surface area contributed by atoms with Crippen molar-refractivity contribution in [2.24, 2.45) is 0 Å². The van der Waals surface area contributed by atoms with Crippen molar-refractivity contribution in [2.45, 2.75) is 22.0 Å². The molecular weight excluding hydrogens is 232 g/mol. The standard InChI is InChI=1S/C6H12O2S4/c1-2-3-8-4(7)6(11,12)5(9)10/h5,9-12H,2-3H2,1H3. The maximum atomic E-state index is 11.2. The third kappa shape index (κ3) is 3.72. The van der Waals surface area contributed by atoms with Crippen molar-refractivity contribution < 1.29 is 9.53 Å². The van der Waals surface area contributed by atoms with Crippen molar-refractivity contribution >= 4 is 56.5 Å². The molecule has 0 aliphatic rings. The second-order valence-corrected chi connectivity index (χ2v) is 5.44. The van der Waals surface area contributed by atoms with Crippen molar-refractivity contribution in [3.05, 3.63) is 0 Å². The molecule has 0 bridgehead atoms. The summed E-state index contributed by atoms with van der Waals surface area (Å²) in [7, 11) is 0. The number of hydrogen-bond acceptors (Lipinski definition) is 6. The van der Waals surface area contributed by atoms with Crippen LogP contribution in [0.4, 0.5) is 0 Å². The summed E-state index contributed by atoms with van der Waals surface area (Å²) in [4.78, 5) is 11.2. The van der Waals surface area contributed by atoms with E-state index >= 15 is 0 Å². The summed E-state index contributed by atoms with van der Waals surface area (Å²) in [6.45, 7) is 2.28. The highest BCUT2D eigenvalue weighted by Gasteiger charge is 2.37. The number of thiol groups is 4. The van der Waals surface area contributed by atoms with Crippen molar-refractivity contribution in [2.75, 3.05) is 6.61 Å². The molecule has 0 atom stereocenters. The third-order valence-electron chi connectivity index (χ3n) is 1.10. The highest BCUT2D eigenvalue weighted by atomic mass is 32.2. The summed E-state index contributed by atoms with van der Waals surface area (Å²) in [5.74, 6) is -0.508. The lowest BCUT2D eigenvalue weighted by molar-refractivity contribution is -0.143. The number of carbonyl (C=O) groups excluding carboxylic acids is 1. The first-order valence-corrected chi connectivity index (χ1v) is 5.33. The molecule has 0 spiro atoms. The molecule has 0 radical (unpaired) electrons. The zero-order chi connectivity index (χ0) is 9.78. The molecule has 0 rings (SSSR count). The van der Waals surface area contributed by atoms with Crippen LogP contribution >= 0.6 is 50.5 Å². The average Bonchev–Trinajstić information content (AvgIpc) is 1.99. The molecule has 0 saturated carbocycles. The van der Waals surface area contributed by atoms with Crippen LogP contribution in [0.1, 0.15) is 13.3 Å². The Hall–Kier alpha value is 0.870. The fourth-order valence-electron chi connectivity index (χ4n) is 0.406. The van der Waals surface area contributed by atoms with Gasteiger partial charge in [-0.1, -0.05) is 6.92 Å². The van der Waals surface area contributed by atoms with Crippen molar-refractivity contribution in [1.29, 1.82) is 0 Å². The maximum absolute atomic E-state index is 11.2. The molecule has 0 aromatic carbocycles. The molecule has 0 aromatic rings. The van der Waals surface area contributed by atoms with Gasteiger partial charge in [0, 0.05) is 0 Å². The average molecular weight is 244 g/mol. The SMILES string of the molecule is CCCOC(=O)C(S)(S)C(S)S. The number of ether oxygens (including phenoxy) is 1. The molecule has 6 heteroatoms. The third-order valence-corrected chi connectivity index (χ3v) is 3.57. The van der Waals surface area contributed by atoms with Crippen molar-refractivity contribution in [3.63, 3.8) is 0 Å². The highest BCUT2D eigenvalue weighted by Crippen LogP contribution is 2.31. The van der Waals surface area contributed by atoms with Gasteiger partial charge in [-0.3, -0.25) is 0 Å². The predicted molar refractivity (Wildman–Crippen MR) is 63.7 cm³/mol. The van der Waals surface area contributed by atoms with Crippen LogP contribution < -0.4 is 0 Å². The second kappa shape index (κ2) is 5.57. The summed E-state index contributed by atoms with van der Waals surface area (Å²) in [5, 5.41) is 0. The van der Waals surface area contributed by atoms with E-state index in [9.17, 15) is 4.79 Å². The van der Waals surface area contributed by atoms with E-state index in [4.69, 9.17) is 4.74 Å². The Bertz CT molecular complexity index is 158. The van der Waals surface area contributed by atoms with Gasteiger partial charge in [-0.2, -0.15) is 25.3 Å². The first-order chi connectivity index (χ1) is 5.42. The van der Waals surface area contributed by atoms with Gasteiger partial charge in [-0.15, -0.1) is 25.3 Å². The molecule has 0 aliphatic heterocycles. The summed E-state index contributed by atoms with van der Waals surface area (Å²) in [5.41, 5.74) is 0. The molecule has 0 unspecified atom stereocenters. The topological polar surface area (TPSA) is 26.3 Å². The van der Waals surface area contributed by atoms with Gasteiger partial charge in [0.15, 0.2) is 4.08 Å². The minimum atomic E-state index is -1.23. The van der Waals surface area contributed by atoms with E-state index in [0.29, 0.717) is 6.61 Å². The van der Waals surface area contributed by atoms with Crippen LogP contribution in [0.15, 0.2) is 0 Å². The van der Waals surface area contributed by atoms with E-state index in [1.54, 1.807) is 0 Å². The zero-order valence-electron chi connectivity index (χ0n) is 6.60. The summed E-state index contributed by atoms with van der Waals surface area (Å²) >= 11 is 15.9. The van der Waals surface area contributed by atoms with Crippen molar-refractivity contribution in [1.82, 2.24) is 0 Å². The fraction of sp³-hybridized carbons (Fsp3) is 0.833. The monoisotopic (exact) mass is 244 g/mol. The number of hydrogen-bond donors (Lipinski definition) is 4. The van der Waals surface area contributed by atoms with E-state index in [2.05, 4.69) is 50.5 Å². The lowest BCUT2D eigenvalue weighted by atomic mass is 10.4. The fourth-order valence-corrected chi connectivity index (χ4v) is 0.746. The van der Waals surface area contributed by atoms with Crippen LogP contribution in [0.25, 0.3) is 0 Å². The number of esters is 1. The second-order valence-electron chi connectivity index (χ2n) is 2.24. The summed E-state index contributed by atoms with van der Waals surface area (Å²) < 4.78 is 3.03. The van der Waals surface area contributed by atoms with Crippen molar-refractivity contribution in [3.8, 4) is 0 Å². The van der Waals surface area contributed by atoms with Gasteiger partial charge in [0.05, 0.1) is 11.2 Å². The Morgan fingerprint density at radius 3 is 2.33 bits per heavy atom. The molecule has 0 fully saturated rings. The van der Waals surface area contributed by atoms with E-state index in [-0.39, 0.29) is 0 Å². The van der Waals surface area contributed by atoms with Gasteiger partial charge in [0.25, 0.3) is 0 Å². The first kappa shape index (κ1) is 12.9. The number of carbonyl (C=O) groups is 1. The molecular formula is C6H12O2S4. The molecule has 72 valence electrons. The van der Waals surface area contributed by atoms with Gasteiger partial charge in [0.2, 0.25) is 0 Å². The largest absolute Gasteiger partial charge is 0.464 e. The van der Waals surface area contributed by atoms with Crippen LogP contribution in [0.3, 0.4) is 0 Å². The molecule has 12 heavy (non-hydrogen) atoms. The Morgan fingerprint density at radius 1 is 1.50 bits per heavy atom.